The van der Waals surface area contributed by atoms with E-state index in [1.165, 1.54) is 5.56 Å². The Bertz CT molecular complexity index is 1710. The minimum atomic E-state index is -1.16. The number of aryl methyl sites for hydroxylation is 1. The van der Waals surface area contributed by atoms with Crippen molar-refractivity contribution >= 4 is 28.7 Å². The van der Waals surface area contributed by atoms with Gasteiger partial charge >= 0.3 is 0 Å². The topological polar surface area (TPSA) is 132 Å². The summed E-state index contributed by atoms with van der Waals surface area (Å²) < 4.78 is 22.7. The zero-order valence-electron chi connectivity index (χ0n) is 29.5. The van der Waals surface area contributed by atoms with E-state index in [-0.39, 0.29) is 18.2 Å². The Morgan fingerprint density at radius 2 is 1.59 bits per heavy atom. The maximum Gasteiger partial charge on any atom is 0.287 e. The average molecular weight is 697 g/mol. The second-order valence-corrected chi connectivity index (χ2v) is 12.6. The molecule has 6 rings (SSSR count). The molecule has 1 aliphatic heterocycles. The van der Waals surface area contributed by atoms with E-state index in [4.69, 9.17) is 18.6 Å². The molecular formula is C40H48N4O7. The number of para-hydroxylation sites is 2. The number of nitrogens with one attached hydrogen (secondary N) is 2. The van der Waals surface area contributed by atoms with Gasteiger partial charge in [0.25, 0.3) is 11.8 Å². The number of morpholine rings is 1. The van der Waals surface area contributed by atoms with Crippen molar-refractivity contribution < 1.29 is 33.0 Å². The van der Waals surface area contributed by atoms with Crippen LogP contribution in [0.25, 0.3) is 11.1 Å². The van der Waals surface area contributed by atoms with Crippen molar-refractivity contribution in [2.24, 2.45) is 0 Å². The lowest BCUT2D eigenvalue weighted by Crippen LogP contribution is -2.60. The fourth-order valence-electron chi connectivity index (χ4n) is 6.04. The lowest BCUT2D eigenvalue weighted by atomic mass is 9.80. The molecule has 0 radical (unpaired) electrons. The molecule has 1 saturated heterocycles. The fourth-order valence-corrected chi connectivity index (χ4v) is 6.04. The predicted molar refractivity (Wildman–Crippen MR) is 195 cm³/mol. The molecular weight excluding hydrogens is 648 g/mol. The molecule has 2 N–H and O–H groups in total. The molecule has 3 aromatic carbocycles. The van der Waals surface area contributed by atoms with Crippen LogP contribution < -0.4 is 20.1 Å². The molecule has 51 heavy (non-hydrogen) atoms. The van der Waals surface area contributed by atoms with Crippen molar-refractivity contribution in [3.63, 3.8) is 0 Å². The first-order valence-electron chi connectivity index (χ1n) is 17.8. The van der Waals surface area contributed by atoms with Crippen molar-refractivity contribution in [1.29, 1.82) is 0 Å². The highest BCUT2D eigenvalue weighted by Gasteiger charge is 2.41. The highest BCUT2D eigenvalue weighted by molar-refractivity contribution is 6.01. The lowest BCUT2D eigenvalue weighted by Gasteiger charge is -2.36. The fraction of sp³-hybridized carbons (Fsp3) is 0.400. The molecule has 0 unspecified atom stereocenters. The Morgan fingerprint density at radius 1 is 0.902 bits per heavy atom. The van der Waals surface area contributed by atoms with Gasteiger partial charge in [-0.1, -0.05) is 68.7 Å². The van der Waals surface area contributed by atoms with Crippen molar-refractivity contribution in [3.05, 3.63) is 102 Å². The smallest absolute Gasteiger partial charge is 0.287 e. The van der Waals surface area contributed by atoms with Crippen molar-refractivity contribution in [2.75, 3.05) is 46.0 Å². The molecule has 11 nitrogen and oxygen atoms in total. The average Bonchev–Trinajstić information content (AvgIpc) is 3.62. The zero-order valence-corrected chi connectivity index (χ0v) is 29.5. The molecule has 0 spiro atoms. The van der Waals surface area contributed by atoms with Crippen LogP contribution in [0.1, 0.15) is 62.2 Å². The van der Waals surface area contributed by atoms with Gasteiger partial charge in [-0.25, -0.2) is 4.98 Å². The number of Topliss-reactive ketones (excluding diaryl/α,β-unsaturated/α-hetero) is 1. The third kappa shape index (κ3) is 10.7. The summed E-state index contributed by atoms with van der Waals surface area (Å²) in [6.45, 7) is 8.27. The summed E-state index contributed by atoms with van der Waals surface area (Å²) in [4.78, 5) is 46.0. The first-order chi connectivity index (χ1) is 24.9. The number of fused-ring (bicyclic) bond motifs is 1. The van der Waals surface area contributed by atoms with Gasteiger partial charge in [-0.3, -0.25) is 19.3 Å². The molecule has 1 aliphatic carbocycles. The molecule has 270 valence electrons. The summed E-state index contributed by atoms with van der Waals surface area (Å²) in [5.74, 6) is -0.197. The highest BCUT2D eigenvalue weighted by Crippen LogP contribution is 2.29. The second kappa shape index (κ2) is 18.8. The van der Waals surface area contributed by atoms with E-state index >= 15 is 0 Å². The van der Waals surface area contributed by atoms with Gasteiger partial charge < -0.3 is 29.3 Å². The number of rotatable bonds is 13. The summed E-state index contributed by atoms with van der Waals surface area (Å²) >= 11 is 0. The summed E-state index contributed by atoms with van der Waals surface area (Å²) in [6.07, 6.45) is 6.11. The van der Waals surface area contributed by atoms with E-state index in [0.717, 1.165) is 58.5 Å². The number of carbonyl (C=O) groups excluding carboxylic acids is 3. The van der Waals surface area contributed by atoms with Crippen LogP contribution in [0, 0.1) is 0 Å². The van der Waals surface area contributed by atoms with Crippen LogP contribution in [-0.2, 0) is 20.7 Å². The van der Waals surface area contributed by atoms with Gasteiger partial charge in [0.1, 0.15) is 29.2 Å². The summed E-state index contributed by atoms with van der Waals surface area (Å²) in [7, 11) is 0. The van der Waals surface area contributed by atoms with Crippen molar-refractivity contribution in [3.8, 4) is 11.5 Å². The number of ketones is 1. The first-order valence-corrected chi connectivity index (χ1v) is 17.8. The maximum atomic E-state index is 13.4. The van der Waals surface area contributed by atoms with Crippen LogP contribution in [0.15, 0.2) is 95.1 Å². The predicted octanol–water partition coefficient (Wildman–Crippen LogP) is 5.89. The van der Waals surface area contributed by atoms with Gasteiger partial charge in [-0.15, -0.1) is 0 Å². The quantitative estimate of drug-likeness (QED) is 0.0998. The summed E-state index contributed by atoms with van der Waals surface area (Å²) in [5.41, 5.74) is 1.32. The molecule has 1 aromatic heterocycles. The van der Waals surface area contributed by atoms with Crippen LogP contribution in [0.5, 0.6) is 11.5 Å². The SMILES string of the molecule is C/C=C(\Oc1ccc(OCCN2CCOCC2)cc1)C(=O)NC1(C(=O)NCC(=O)c2nc3ccccc3o2)CCCCC1.CCc1ccccc1. The number of carbonyl (C=O) groups is 3. The van der Waals surface area contributed by atoms with Gasteiger partial charge in [0.05, 0.1) is 19.8 Å². The molecule has 11 heteroatoms. The van der Waals surface area contributed by atoms with Crippen LogP contribution in [0.4, 0.5) is 0 Å². The number of allylic oxidation sites excluding steroid dienone is 1. The monoisotopic (exact) mass is 696 g/mol. The molecule has 0 bridgehead atoms. The van der Waals surface area contributed by atoms with Gasteiger partial charge in [-0.05, 0) is 74.2 Å². The largest absolute Gasteiger partial charge is 0.492 e. The summed E-state index contributed by atoms with van der Waals surface area (Å²) in [5, 5.41) is 5.63. The number of hydrogen-bond acceptors (Lipinski definition) is 9. The minimum absolute atomic E-state index is 0.0682. The molecule has 2 heterocycles. The first kappa shape index (κ1) is 37.3. The van der Waals surface area contributed by atoms with Gasteiger partial charge in [0, 0.05) is 19.6 Å². The van der Waals surface area contributed by atoms with Gasteiger partial charge in [-0.2, -0.15) is 0 Å². The van der Waals surface area contributed by atoms with E-state index in [1.54, 1.807) is 61.5 Å². The van der Waals surface area contributed by atoms with E-state index in [0.29, 0.717) is 42.0 Å². The van der Waals surface area contributed by atoms with Crippen LogP contribution >= 0.6 is 0 Å². The second-order valence-electron chi connectivity index (χ2n) is 12.6. The van der Waals surface area contributed by atoms with Gasteiger partial charge in [0.2, 0.25) is 11.7 Å². The number of hydrogen-bond donors (Lipinski definition) is 2. The van der Waals surface area contributed by atoms with Gasteiger partial charge in [0.15, 0.2) is 11.3 Å². The minimum Gasteiger partial charge on any atom is -0.492 e. The van der Waals surface area contributed by atoms with Crippen molar-refractivity contribution in [2.45, 2.75) is 57.9 Å². The molecule has 2 amide bonds. The maximum absolute atomic E-state index is 13.4. The number of ether oxygens (including phenoxy) is 3. The Kier molecular flexibility index (Phi) is 13.8. The zero-order chi connectivity index (χ0) is 35.9. The molecule has 2 fully saturated rings. The molecule has 4 aromatic rings. The lowest BCUT2D eigenvalue weighted by molar-refractivity contribution is -0.134. The van der Waals surface area contributed by atoms with Crippen LogP contribution in [-0.4, -0.2) is 79.0 Å². The number of aromatic nitrogens is 1. The van der Waals surface area contributed by atoms with E-state index < -0.39 is 23.1 Å². The summed E-state index contributed by atoms with van der Waals surface area (Å²) in [6, 6.07) is 24.6. The number of oxazole rings is 1. The number of nitrogens with zero attached hydrogens (tertiary/aromatic N) is 2. The Labute approximate surface area is 299 Å². The Morgan fingerprint density at radius 3 is 2.25 bits per heavy atom. The van der Waals surface area contributed by atoms with E-state index in [2.05, 4.69) is 51.7 Å². The Hall–Kier alpha value is -5.00. The number of benzene rings is 3. The molecule has 1 saturated carbocycles. The van der Waals surface area contributed by atoms with Crippen LogP contribution in [0.2, 0.25) is 0 Å². The third-order valence-electron chi connectivity index (χ3n) is 9.01. The normalized spacial score (nSPS) is 16.0. The molecule has 2 aliphatic rings. The number of amides is 2. The van der Waals surface area contributed by atoms with Crippen molar-refractivity contribution in [1.82, 2.24) is 20.5 Å². The highest BCUT2D eigenvalue weighted by atomic mass is 16.5. The van der Waals surface area contributed by atoms with Crippen LogP contribution in [0.3, 0.4) is 0 Å². The molecule has 0 atom stereocenters. The van der Waals surface area contributed by atoms with E-state index in [1.807, 2.05) is 6.07 Å². The van der Waals surface area contributed by atoms with E-state index in [9.17, 15) is 14.4 Å². The third-order valence-corrected chi connectivity index (χ3v) is 9.01. The standard InChI is InChI=1S/C32H38N4O7.C8H10/c1-2-27(42-24-12-10-23(11-13-24)41-21-18-36-16-19-40-20-17-36)29(38)35-32(14-6-3-7-15-32)31(39)33-22-26(37)30-34-25-8-4-5-9-28(25)43-30;1-2-8-6-4-3-5-7-8/h2,4-5,8-13H,3,6-7,14-22H2,1H3,(H,33,39)(H,35,38);3-7H,2H2,1H3/b27-2-;. The Balaban J connectivity index is 0.000000556.